The number of hydrogen-bond acceptors (Lipinski definition) is 2. The summed E-state index contributed by atoms with van der Waals surface area (Å²) in [6.07, 6.45) is 1.33. The summed E-state index contributed by atoms with van der Waals surface area (Å²) in [5.41, 5.74) is 0. The van der Waals surface area contributed by atoms with E-state index in [0.29, 0.717) is 24.5 Å². The number of hydrogen-bond donors (Lipinski definition) is 0. The summed E-state index contributed by atoms with van der Waals surface area (Å²) in [5, 5.41) is 0. The largest absolute Gasteiger partial charge is 0.346 e. The SMILES string of the molecule is CC(=O)N(C)CC1CC(=O)C1. The lowest BCUT2D eigenvalue weighted by molar-refractivity contribution is -0.132. The first-order valence-corrected chi connectivity index (χ1v) is 3.83. The molecule has 0 aromatic carbocycles. The van der Waals surface area contributed by atoms with Crippen molar-refractivity contribution in [2.45, 2.75) is 19.8 Å². The zero-order valence-electron chi connectivity index (χ0n) is 6.96. The number of carbonyl (C=O) groups is 2. The molecule has 1 saturated carbocycles. The van der Waals surface area contributed by atoms with Crippen molar-refractivity contribution in [2.24, 2.45) is 5.92 Å². The summed E-state index contributed by atoms with van der Waals surface area (Å²) in [6, 6.07) is 0. The zero-order valence-corrected chi connectivity index (χ0v) is 6.96. The Balaban J connectivity index is 2.21. The van der Waals surface area contributed by atoms with Crippen LogP contribution in [-0.2, 0) is 9.59 Å². The Morgan fingerprint density at radius 1 is 1.64 bits per heavy atom. The van der Waals surface area contributed by atoms with Crippen LogP contribution in [0.4, 0.5) is 0 Å². The summed E-state index contributed by atoms with van der Waals surface area (Å²) in [7, 11) is 1.77. The van der Waals surface area contributed by atoms with E-state index < -0.39 is 0 Å². The van der Waals surface area contributed by atoms with Crippen LogP contribution >= 0.6 is 0 Å². The van der Waals surface area contributed by atoms with Crippen LogP contribution in [-0.4, -0.2) is 30.2 Å². The first kappa shape index (κ1) is 8.24. The summed E-state index contributed by atoms with van der Waals surface area (Å²) >= 11 is 0. The van der Waals surface area contributed by atoms with Crippen molar-refractivity contribution in [3.05, 3.63) is 0 Å². The summed E-state index contributed by atoms with van der Waals surface area (Å²) in [5.74, 6) is 0.827. The predicted octanol–water partition coefficient (Wildman–Crippen LogP) is 0.444. The second kappa shape index (κ2) is 3.03. The van der Waals surface area contributed by atoms with E-state index in [4.69, 9.17) is 0 Å². The van der Waals surface area contributed by atoms with Gasteiger partial charge in [0.25, 0.3) is 0 Å². The molecule has 0 aromatic rings. The molecule has 1 amide bonds. The smallest absolute Gasteiger partial charge is 0.219 e. The molecular weight excluding hydrogens is 142 g/mol. The Labute approximate surface area is 66.4 Å². The molecule has 0 saturated heterocycles. The highest BCUT2D eigenvalue weighted by Gasteiger charge is 2.27. The van der Waals surface area contributed by atoms with Gasteiger partial charge in [-0.15, -0.1) is 0 Å². The van der Waals surface area contributed by atoms with E-state index >= 15 is 0 Å². The van der Waals surface area contributed by atoms with Crippen LogP contribution in [0.15, 0.2) is 0 Å². The Morgan fingerprint density at radius 2 is 2.18 bits per heavy atom. The van der Waals surface area contributed by atoms with Crippen molar-refractivity contribution in [2.75, 3.05) is 13.6 Å². The molecule has 1 aliphatic carbocycles. The van der Waals surface area contributed by atoms with Crippen LogP contribution in [0.2, 0.25) is 0 Å². The molecule has 0 N–H and O–H groups in total. The minimum atomic E-state index is 0.0735. The van der Waals surface area contributed by atoms with Gasteiger partial charge < -0.3 is 4.90 Å². The lowest BCUT2D eigenvalue weighted by atomic mass is 9.84. The fraction of sp³-hybridized carbons (Fsp3) is 0.750. The maximum absolute atomic E-state index is 10.7. The van der Waals surface area contributed by atoms with E-state index in [1.165, 1.54) is 0 Å². The van der Waals surface area contributed by atoms with Crippen molar-refractivity contribution in [1.82, 2.24) is 4.90 Å². The first-order chi connectivity index (χ1) is 5.09. The van der Waals surface area contributed by atoms with Crippen molar-refractivity contribution < 1.29 is 9.59 Å². The molecule has 62 valence electrons. The number of Topliss-reactive ketones (excluding diaryl/α,β-unsaturated/α-hetero) is 1. The van der Waals surface area contributed by atoms with Gasteiger partial charge in [-0.2, -0.15) is 0 Å². The van der Waals surface area contributed by atoms with Gasteiger partial charge in [-0.25, -0.2) is 0 Å². The maximum Gasteiger partial charge on any atom is 0.219 e. The fourth-order valence-electron chi connectivity index (χ4n) is 1.23. The lowest BCUT2D eigenvalue weighted by Gasteiger charge is -2.28. The molecule has 0 radical (unpaired) electrons. The quantitative estimate of drug-likeness (QED) is 0.580. The third-order valence-electron chi connectivity index (χ3n) is 2.10. The first-order valence-electron chi connectivity index (χ1n) is 3.83. The monoisotopic (exact) mass is 155 g/mol. The molecule has 0 heterocycles. The van der Waals surface area contributed by atoms with Gasteiger partial charge in [-0.3, -0.25) is 9.59 Å². The molecule has 1 aliphatic rings. The third kappa shape index (κ3) is 2.03. The molecule has 11 heavy (non-hydrogen) atoms. The summed E-state index contributed by atoms with van der Waals surface area (Å²) < 4.78 is 0. The highest BCUT2D eigenvalue weighted by molar-refractivity contribution is 5.84. The Hall–Kier alpha value is -0.860. The Morgan fingerprint density at radius 3 is 2.55 bits per heavy atom. The van der Waals surface area contributed by atoms with Crippen molar-refractivity contribution in [3.63, 3.8) is 0 Å². The molecule has 1 rings (SSSR count). The fourth-order valence-corrected chi connectivity index (χ4v) is 1.23. The average Bonchev–Trinajstić information content (AvgIpc) is 1.84. The highest BCUT2D eigenvalue weighted by Crippen LogP contribution is 2.23. The number of ketones is 1. The summed E-state index contributed by atoms with van der Waals surface area (Å²) in [6.45, 7) is 2.28. The van der Waals surface area contributed by atoms with Gasteiger partial charge in [0.1, 0.15) is 5.78 Å². The van der Waals surface area contributed by atoms with E-state index in [-0.39, 0.29) is 5.91 Å². The Kier molecular flexibility index (Phi) is 2.27. The number of carbonyl (C=O) groups excluding carboxylic acids is 2. The van der Waals surface area contributed by atoms with Crippen molar-refractivity contribution in [1.29, 1.82) is 0 Å². The molecule has 0 aliphatic heterocycles. The zero-order chi connectivity index (χ0) is 8.43. The predicted molar refractivity (Wildman–Crippen MR) is 41.0 cm³/mol. The third-order valence-corrected chi connectivity index (χ3v) is 2.10. The normalized spacial score (nSPS) is 17.8. The van der Waals surface area contributed by atoms with E-state index in [1.807, 2.05) is 0 Å². The van der Waals surface area contributed by atoms with Crippen molar-refractivity contribution >= 4 is 11.7 Å². The minimum Gasteiger partial charge on any atom is -0.346 e. The van der Waals surface area contributed by atoms with Gasteiger partial charge in [0.15, 0.2) is 0 Å². The molecule has 0 spiro atoms. The topological polar surface area (TPSA) is 37.4 Å². The van der Waals surface area contributed by atoms with Crippen molar-refractivity contribution in [3.8, 4) is 0 Å². The van der Waals surface area contributed by atoms with E-state index in [1.54, 1.807) is 18.9 Å². The molecule has 3 heteroatoms. The molecular formula is C8H13NO2. The van der Waals surface area contributed by atoms with Gasteiger partial charge in [0, 0.05) is 33.4 Å². The van der Waals surface area contributed by atoms with Crippen LogP contribution in [0.3, 0.4) is 0 Å². The molecule has 0 aromatic heterocycles. The second-order valence-electron chi connectivity index (χ2n) is 3.21. The molecule has 0 bridgehead atoms. The average molecular weight is 155 g/mol. The van der Waals surface area contributed by atoms with E-state index in [0.717, 1.165) is 6.54 Å². The maximum atomic E-state index is 10.7. The standard InChI is InChI=1S/C8H13NO2/c1-6(10)9(2)5-7-3-8(11)4-7/h7H,3-5H2,1-2H3. The van der Waals surface area contributed by atoms with Gasteiger partial charge in [-0.1, -0.05) is 0 Å². The van der Waals surface area contributed by atoms with E-state index in [2.05, 4.69) is 0 Å². The number of nitrogens with zero attached hydrogens (tertiary/aromatic N) is 1. The molecule has 1 fully saturated rings. The van der Waals surface area contributed by atoms with Crippen LogP contribution in [0.1, 0.15) is 19.8 Å². The van der Waals surface area contributed by atoms with Crippen LogP contribution in [0.25, 0.3) is 0 Å². The van der Waals surface area contributed by atoms with E-state index in [9.17, 15) is 9.59 Å². The number of rotatable bonds is 2. The molecule has 0 unspecified atom stereocenters. The molecule has 0 atom stereocenters. The van der Waals surface area contributed by atoms with Crippen LogP contribution < -0.4 is 0 Å². The van der Waals surface area contributed by atoms with Gasteiger partial charge in [0.05, 0.1) is 0 Å². The van der Waals surface area contributed by atoms with Gasteiger partial charge in [-0.05, 0) is 5.92 Å². The van der Waals surface area contributed by atoms with Crippen LogP contribution in [0, 0.1) is 5.92 Å². The minimum absolute atomic E-state index is 0.0735. The lowest BCUT2D eigenvalue weighted by Crippen LogP contribution is -2.36. The van der Waals surface area contributed by atoms with Crippen LogP contribution in [0.5, 0.6) is 0 Å². The Bertz CT molecular complexity index is 181. The van der Waals surface area contributed by atoms with Gasteiger partial charge in [0.2, 0.25) is 5.91 Å². The highest BCUT2D eigenvalue weighted by atomic mass is 16.2. The second-order valence-corrected chi connectivity index (χ2v) is 3.21. The van der Waals surface area contributed by atoms with Gasteiger partial charge >= 0.3 is 0 Å². The molecule has 3 nitrogen and oxygen atoms in total. The summed E-state index contributed by atoms with van der Waals surface area (Å²) in [4.78, 5) is 23.0. The number of amides is 1.